The van der Waals surface area contributed by atoms with Crippen molar-refractivity contribution in [1.82, 2.24) is 9.55 Å². The van der Waals surface area contributed by atoms with E-state index in [4.69, 9.17) is 18.6 Å². The Kier molecular flexibility index (Phi) is 7.82. The van der Waals surface area contributed by atoms with E-state index in [0.29, 0.717) is 12.0 Å². The van der Waals surface area contributed by atoms with Crippen LogP contribution in [0.15, 0.2) is 46.1 Å². The summed E-state index contributed by atoms with van der Waals surface area (Å²) in [6.07, 6.45) is -0.248. The normalized spacial score (nSPS) is 20.5. The molecule has 11 heteroatoms. The monoisotopic (exact) mass is 504 g/mol. The van der Waals surface area contributed by atoms with Crippen LogP contribution in [0.2, 0.25) is 18.1 Å². The number of rotatable bonds is 6. The first-order valence-corrected chi connectivity index (χ1v) is 14.3. The summed E-state index contributed by atoms with van der Waals surface area (Å²) >= 11 is 0. The smallest absolute Gasteiger partial charge is 0.422 e. The molecule has 1 N–H and O–H groups in total. The highest BCUT2D eigenvalue weighted by Gasteiger charge is 2.45. The second kappa shape index (κ2) is 10.3. The third-order valence-electron chi connectivity index (χ3n) is 6.39. The summed E-state index contributed by atoms with van der Waals surface area (Å²) in [6.45, 7) is 11.8. The zero-order valence-corrected chi connectivity index (χ0v) is 21.8. The number of nitrogens with one attached hydrogen (secondary N) is 1. The molecule has 0 aliphatic carbocycles. The molecule has 1 aromatic heterocycles. The number of H-pyrrole nitrogens is 1. The molecule has 2 aromatic rings. The molecule has 0 radical (unpaired) electrons. The molecular formula is C24H32N2O8Si. The van der Waals surface area contributed by atoms with E-state index in [-0.39, 0.29) is 17.4 Å². The molecule has 1 saturated heterocycles. The Hall–Kier alpha value is -3.02. The minimum Gasteiger partial charge on any atom is -0.454 e. The van der Waals surface area contributed by atoms with Crippen molar-refractivity contribution in [3.05, 3.63) is 62.9 Å². The van der Waals surface area contributed by atoms with E-state index < -0.39 is 49.9 Å². The van der Waals surface area contributed by atoms with Gasteiger partial charge in [-0.15, -0.1) is 0 Å². The first-order chi connectivity index (χ1) is 16.3. The maximum absolute atomic E-state index is 12.4. The number of aromatic nitrogens is 2. The molecule has 1 aliphatic heterocycles. The Morgan fingerprint density at radius 3 is 2.43 bits per heavy atom. The van der Waals surface area contributed by atoms with Gasteiger partial charge in [0.25, 0.3) is 5.56 Å². The number of aryl methyl sites for hydroxylation is 1. The Balaban J connectivity index is 1.76. The number of carbonyl (C=O) groups excluding carboxylic acids is 2. The van der Waals surface area contributed by atoms with Crippen LogP contribution in [0, 0.1) is 6.92 Å². The minimum absolute atomic E-state index is 0.1000. The maximum Gasteiger partial charge on any atom is 0.422 e. The van der Waals surface area contributed by atoms with Gasteiger partial charge in [0, 0.05) is 18.2 Å². The standard InChI is InChI=1S/C24H32N2O8Si/c1-15-13-26(23(30)25-20(15)27)19-12-17(34-35(5,6)24(2,3)4)18(33-19)14-31-21(28)22(29)32-16-10-8-7-9-11-16/h7-11,13,17-19H,12,14H2,1-6H3,(H,25,27,30)/t17-,18+,19+/m0/s1. The van der Waals surface area contributed by atoms with Crippen LogP contribution in [-0.2, 0) is 23.5 Å². The summed E-state index contributed by atoms with van der Waals surface area (Å²) in [5.74, 6) is -2.09. The fourth-order valence-electron chi connectivity index (χ4n) is 3.35. The number of ether oxygens (including phenoxy) is 3. The van der Waals surface area contributed by atoms with Crippen molar-refractivity contribution in [3.8, 4) is 5.75 Å². The van der Waals surface area contributed by atoms with Crippen molar-refractivity contribution in [1.29, 1.82) is 0 Å². The van der Waals surface area contributed by atoms with Crippen molar-refractivity contribution in [2.45, 2.75) is 70.7 Å². The average molecular weight is 505 g/mol. The molecule has 0 bridgehead atoms. The lowest BCUT2D eigenvalue weighted by atomic mass is 10.2. The number of aromatic amines is 1. The van der Waals surface area contributed by atoms with E-state index in [0.717, 1.165) is 0 Å². The van der Waals surface area contributed by atoms with Crippen molar-refractivity contribution < 1.29 is 28.2 Å². The van der Waals surface area contributed by atoms with Gasteiger partial charge in [-0.05, 0) is 37.2 Å². The summed E-state index contributed by atoms with van der Waals surface area (Å²) in [5, 5.41) is -0.1000. The highest BCUT2D eigenvalue weighted by molar-refractivity contribution is 6.74. The van der Waals surface area contributed by atoms with Gasteiger partial charge in [0.05, 0.1) is 6.10 Å². The summed E-state index contributed by atoms with van der Waals surface area (Å²) in [6, 6.07) is 8.18. The van der Waals surface area contributed by atoms with Crippen LogP contribution in [0.4, 0.5) is 0 Å². The van der Waals surface area contributed by atoms with Crippen molar-refractivity contribution >= 4 is 20.3 Å². The number of esters is 2. The molecule has 0 saturated carbocycles. The lowest BCUT2D eigenvalue weighted by Gasteiger charge is -2.39. The van der Waals surface area contributed by atoms with Gasteiger partial charge in [-0.2, -0.15) is 0 Å². The summed E-state index contributed by atoms with van der Waals surface area (Å²) < 4.78 is 24.1. The van der Waals surface area contributed by atoms with Gasteiger partial charge in [-0.1, -0.05) is 39.0 Å². The molecule has 1 aromatic carbocycles. The van der Waals surface area contributed by atoms with Crippen molar-refractivity contribution in [3.63, 3.8) is 0 Å². The molecule has 0 spiro atoms. The predicted octanol–water partition coefficient (Wildman–Crippen LogP) is 2.67. The van der Waals surface area contributed by atoms with E-state index in [9.17, 15) is 19.2 Å². The molecule has 35 heavy (non-hydrogen) atoms. The van der Waals surface area contributed by atoms with Gasteiger partial charge in [-0.25, -0.2) is 14.4 Å². The van der Waals surface area contributed by atoms with Crippen LogP contribution in [-0.4, -0.2) is 48.6 Å². The lowest BCUT2D eigenvalue weighted by molar-refractivity contribution is -0.165. The second-order valence-electron chi connectivity index (χ2n) is 10.1. The summed E-state index contributed by atoms with van der Waals surface area (Å²) in [7, 11) is -2.26. The summed E-state index contributed by atoms with van der Waals surface area (Å²) in [5.41, 5.74) is -0.727. The Labute approximate surface area is 204 Å². The molecule has 10 nitrogen and oxygen atoms in total. The van der Waals surface area contributed by atoms with Gasteiger partial charge >= 0.3 is 17.6 Å². The van der Waals surface area contributed by atoms with E-state index in [1.165, 1.54) is 10.8 Å². The van der Waals surface area contributed by atoms with Gasteiger partial charge in [-0.3, -0.25) is 14.3 Å². The molecule has 1 aliphatic rings. The highest BCUT2D eigenvalue weighted by atomic mass is 28.4. The average Bonchev–Trinajstić information content (AvgIpc) is 3.16. The fraction of sp³-hybridized carbons (Fsp3) is 0.500. The first-order valence-electron chi connectivity index (χ1n) is 11.4. The molecule has 190 valence electrons. The zero-order valence-electron chi connectivity index (χ0n) is 20.8. The van der Waals surface area contributed by atoms with Gasteiger partial charge in [0.15, 0.2) is 8.32 Å². The van der Waals surface area contributed by atoms with Crippen molar-refractivity contribution in [2.24, 2.45) is 0 Å². The second-order valence-corrected chi connectivity index (χ2v) is 14.8. The number of para-hydroxylation sites is 1. The van der Waals surface area contributed by atoms with Crippen LogP contribution in [0.1, 0.15) is 39.0 Å². The molecule has 1 fully saturated rings. The van der Waals surface area contributed by atoms with Crippen LogP contribution in [0.25, 0.3) is 0 Å². The van der Waals surface area contributed by atoms with Crippen LogP contribution in [0.5, 0.6) is 5.75 Å². The molecular weight excluding hydrogens is 472 g/mol. The molecule has 3 atom stereocenters. The molecule has 0 unspecified atom stereocenters. The number of benzene rings is 1. The quantitative estimate of drug-likeness (QED) is 0.275. The third kappa shape index (κ3) is 6.35. The van der Waals surface area contributed by atoms with E-state index in [1.807, 2.05) is 0 Å². The number of carbonyl (C=O) groups is 2. The van der Waals surface area contributed by atoms with Gasteiger partial charge in [0.2, 0.25) is 0 Å². The Morgan fingerprint density at radius 2 is 1.80 bits per heavy atom. The van der Waals surface area contributed by atoms with E-state index in [2.05, 4.69) is 38.8 Å². The Morgan fingerprint density at radius 1 is 1.14 bits per heavy atom. The lowest BCUT2D eigenvalue weighted by Crippen LogP contribution is -2.46. The minimum atomic E-state index is -2.26. The van der Waals surface area contributed by atoms with Crippen molar-refractivity contribution in [2.75, 3.05) is 6.61 Å². The Bertz CT molecular complexity index is 1180. The number of nitrogens with zero attached hydrogens (tertiary/aromatic N) is 1. The maximum atomic E-state index is 12.4. The highest BCUT2D eigenvalue weighted by Crippen LogP contribution is 2.41. The molecule has 0 amide bonds. The number of hydrogen-bond acceptors (Lipinski definition) is 8. The molecule has 2 heterocycles. The third-order valence-corrected chi connectivity index (χ3v) is 10.9. The van der Waals surface area contributed by atoms with Crippen LogP contribution < -0.4 is 16.0 Å². The van der Waals surface area contributed by atoms with E-state index in [1.54, 1.807) is 37.3 Å². The summed E-state index contributed by atoms with van der Waals surface area (Å²) in [4.78, 5) is 50.8. The van der Waals surface area contributed by atoms with Crippen LogP contribution in [0.3, 0.4) is 0 Å². The largest absolute Gasteiger partial charge is 0.454 e. The SMILES string of the molecule is Cc1cn([C@H]2C[C@H](O[Si](C)(C)C(C)(C)C)[C@@H](COC(=O)C(=O)Oc3ccccc3)O2)c(=O)[nH]c1=O. The van der Waals surface area contributed by atoms with Gasteiger partial charge < -0.3 is 18.6 Å². The van der Waals surface area contributed by atoms with E-state index >= 15 is 0 Å². The zero-order chi connectivity index (χ0) is 26.0. The predicted molar refractivity (Wildman–Crippen MR) is 130 cm³/mol. The van der Waals surface area contributed by atoms with Crippen LogP contribution >= 0.6 is 0 Å². The van der Waals surface area contributed by atoms with Gasteiger partial charge in [0.1, 0.15) is 24.7 Å². The number of hydrogen-bond donors (Lipinski definition) is 1. The molecule has 3 rings (SSSR count). The fourth-order valence-corrected chi connectivity index (χ4v) is 4.71. The topological polar surface area (TPSA) is 126 Å². The first kappa shape index (κ1) is 26.6.